The molecule has 2 heterocycles. The van der Waals surface area contributed by atoms with Gasteiger partial charge >= 0.3 is 6.09 Å². The van der Waals surface area contributed by atoms with E-state index in [4.69, 9.17) is 16.7 Å². The zero-order valence-corrected chi connectivity index (χ0v) is 13.5. The second-order valence-electron chi connectivity index (χ2n) is 6.40. The molecule has 2 fully saturated rings. The van der Waals surface area contributed by atoms with Gasteiger partial charge in [0.1, 0.15) is 0 Å². The first-order valence-electron chi connectivity index (χ1n) is 7.77. The van der Waals surface area contributed by atoms with E-state index < -0.39 is 17.8 Å². The van der Waals surface area contributed by atoms with E-state index in [1.165, 1.54) is 4.90 Å². The second-order valence-corrected chi connectivity index (χ2v) is 6.83. The fraction of sp³-hybridized carbons (Fsp3) is 0.562. The van der Waals surface area contributed by atoms with E-state index in [9.17, 15) is 15.0 Å². The van der Waals surface area contributed by atoms with Crippen molar-refractivity contribution in [2.75, 3.05) is 26.2 Å². The van der Waals surface area contributed by atoms with E-state index in [-0.39, 0.29) is 12.6 Å². The smallest absolute Gasteiger partial charge is 0.407 e. The number of hydrogen-bond donors (Lipinski definition) is 3. The van der Waals surface area contributed by atoms with Crippen LogP contribution in [0, 0.1) is 0 Å². The summed E-state index contributed by atoms with van der Waals surface area (Å²) in [4.78, 5) is 14.4. The van der Waals surface area contributed by atoms with E-state index in [0.29, 0.717) is 37.5 Å². The molecule has 3 N–H and O–H groups in total. The molecule has 6 nitrogen and oxygen atoms in total. The van der Waals surface area contributed by atoms with E-state index >= 15 is 0 Å². The molecule has 0 radical (unpaired) electrons. The van der Waals surface area contributed by atoms with Crippen LogP contribution in [0.15, 0.2) is 24.3 Å². The average Bonchev–Trinajstić information content (AvgIpc) is 2.91. The predicted octanol–water partition coefficient (Wildman–Crippen LogP) is 1.35. The summed E-state index contributed by atoms with van der Waals surface area (Å²) >= 11 is 5.89. The number of rotatable bonds is 2. The van der Waals surface area contributed by atoms with E-state index in [1.54, 1.807) is 12.1 Å². The number of carboxylic acid groups (broad SMARTS) is 1. The molecule has 126 valence electrons. The maximum absolute atomic E-state index is 11.0. The van der Waals surface area contributed by atoms with Gasteiger partial charge in [0, 0.05) is 24.7 Å². The summed E-state index contributed by atoms with van der Waals surface area (Å²) in [5.41, 5.74) is -0.0439. The molecule has 3 rings (SSSR count). The van der Waals surface area contributed by atoms with E-state index in [1.807, 2.05) is 12.1 Å². The van der Waals surface area contributed by atoms with Gasteiger partial charge in [-0.2, -0.15) is 0 Å². The van der Waals surface area contributed by atoms with Gasteiger partial charge in [0.2, 0.25) is 0 Å². The molecule has 2 aliphatic rings. The number of aliphatic hydroxyl groups is 2. The van der Waals surface area contributed by atoms with Gasteiger partial charge in [-0.3, -0.25) is 4.90 Å². The molecular formula is C16H21ClN2O4. The Morgan fingerprint density at radius 1 is 1.17 bits per heavy atom. The van der Waals surface area contributed by atoms with Gasteiger partial charge in [0.15, 0.2) is 0 Å². The van der Waals surface area contributed by atoms with Gasteiger partial charge in [0.05, 0.1) is 24.3 Å². The normalized spacial score (nSPS) is 28.0. The molecule has 0 aromatic heterocycles. The Kier molecular flexibility index (Phi) is 4.51. The standard InChI is InChI=1S/C16H21ClN2O4/c17-12-3-1-11(2-4-12)16(23)5-7-18(8-6-16)13-9-19(15(21)22)10-14(13)20/h1-4,13-14,20,23H,5-10H2,(H,21,22)/t13-,14?/m1/s1. The second kappa shape index (κ2) is 6.28. The molecule has 0 spiro atoms. The van der Waals surface area contributed by atoms with Crippen molar-refractivity contribution in [3.05, 3.63) is 34.9 Å². The first-order chi connectivity index (χ1) is 10.9. The number of halogens is 1. The number of carbonyl (C=O) groups is 1. The maximum atomic E-state index is 11.0. The minimum atomic E-state index is -0.999. The monoisotopic (exact) mass is 340 g/mol. The lowest BCUT2D eigenvalue weighted by Crippen LogP contribution is -2.51. The third-order valence-corrected chi connectivity index (χ3v) is 5.26. The summed E-state index contributed by atoms with van der Waals surface area (Å²) in [7, 11) is 0. The highest BCUT2D eigenvalue weighted by atomic mass is 35.5. The first kappa shape index (κ1) is 16.5. The van der Waals surface area contributed by atoms with Crippen LogP contribution in [0.25, 0.3) is 0 Å². The fourth-order valence-corrected chi connectivity index (χ4v) is 3.68. The molecule has 2 atom stereocenters. The van der Waals surface area contributed by atoms with Crippen molar-refractivity contribution in [2.45, 2.75) is 30.6 Å². The highest BCUT2D eigenvalue weighted by Gasteiger charge is 2.42. The van der Waals surface area contributed by atoms with Crippen LogP contribution in [0.4, 0.5) is 4.79 Å². The lowest BCUT2D eigenvalue weighted by atomic mass is 9.84. The van der Waals surface area contributed by atoms with Crippen LogP contribution < -0.4 is 0 Å². The Morgan fingerprint density at radius 2 is 1.78 bits per heavy atom. The molecule has 1 aromatic rings. The lowest BCUT2D eigenvalue weighted by Gasteiger charge is -2.41. The summed E-state index contributed by atoms with van der Waals surface area (Å²) in [6.07, 6.45) is -0.579. The number of benzene rings is 1. The Bertz CT molecular complexity index is 572. The van der Waals surface area contributed by atoms with Gasteiger partial charge in [-0.25, -0.2) is 4.79 Å². The SMILES string of the molecule is O=C(O)N1CC(O)[C@H](N2CCC(O)(c3ccc(Cl)cc3)CC2)C1. The third kappa shape index (κ3) is 3.30. The number of piperidine rings is 1. The Morgan fingerprint density at radius 3 is 2.30 bits per heavy atom. The molecule has 23 heavy (non-hydrogen) atoms. The quantitative estimate of drug-likeness (QED) is 0.756. The third-order valence-electron chi connectivity index (χ3n) is 5.01. The number of amides is 1. The number of aliphatic hydroxyl groups excluding tert-OH is 1. The minimum Gasteiger partial charge on any atom is -0.465 e. The Labute approximate surface area is 139 Å². The number of hydrogen-bond acceptors (Lipinski definition) is 4. The molecule has 0 aliphatic carbocycles. The molecule has 7 heteroatoms. The van der Waals surface area contributed by atoms with Crippen LogP contribution in [0.5, 0.6) is 0 Å². The zero-order valence-electron chi connectivity index (χ0n) is 12.7. The maximum Gasteiger partial charge on any atom is 0.407 e. The van der Waals surface area contributed by atoms with Crippen LogP contribution in [-0.2, 0) is 5.60 Å². The van der Waals surface area contributed by atoms with Crippen molar-refractivity contribution >= 4 is 17.7 Å². The van der Waals surface area contributed by atoms with Crippen LogP contribution in [0.2, 0.25) is 5.02 Å². The Hall–Kier alpha value is -1.34. The van der Waals surface area contributed by atoms with Crippen LogP contribution >= 0.6 is 11.6 Å². The summed E-state index contributed by atoms with van der Waals surface area (Å²) in [6, 6.07) is 7.03. The molecule has 1 unspecified atom stereocenters. The molecule has 1 amide bonds. The summed E-state index contributed by atoms with van der Waals surface area (Å²) in [6.45, 7) is 1.70. The molecule has 0 saturated carbocycles. The molecule has 2 saturated heterocycles. The van der Waals surface area contributed by atoms with Crippen molar-refractivity contribution < 1.29 is 20.1 Å². The summed E-state index contributed by atoms with van der Waals surface area (Å²) < 4.78 is 0. The number of likely N-dealkylation sites (tertiary alicyclic amines) is 2. The van der Waals surface area contributed by atoms with Gasteiger partial charge < -0.3 is 20.2 Å². The highest BCUT2D eigenvalue weighted by molar-refractivity contribution is 6.30. The summed E-state index contributed by atoms with van der Waals surface area (Å²) in [5, 5.41) is 30.7. The van der Waals surface area contributed by atoms with E-state index in [2.05, 4.69) is 4.90 Å². The first-order valence-corrected chi connectivity index (χ1v) is 8.15. The number of nitrogens with zero attached hydrogens (tertiary/aromatic N) is 2. The van der Waals surface area contributed by atoms with Gasteiger partial charge in [-0.1, -0.05) is 23.7 Å². The van der Waals surface area contributed by atoms with Crippen LogP contribution in [0.1, 0.15) is 18.4 Å². The van der Waals surface area contributed by atoms with Gasteiger partial charge in [-0.05, 0) is 30.5 Å². The van der Waals surface area contributed by atoms with Crippen molar-refractivity contribution in [1.29, 1.82) is 0 Å². The average molecular weight is 341 g/mol. The van der Waals surface area contributed by atoms with Crippen LogP contribution in [-0.4, -0.2) is 69.5 Å². The lowest BCUT2D eigenvalue weighted by molar-refractivity contribution is -0.0452. The molecule has 0 bridgehead atoms. The van der Waals surface area contributed by atoms with E-state index in [0.717, 1.165) is 5.56 Å². The fourth-order valence-electron chi connectivity index (χ4n) is 3.56. The molecule has 2 aliphatic heterocycles. The Balaban J connectivity index is 1.64. The highest BCUT2D eigenvalue weighted by Crippen LogP contribution is 2.35. The van der Waals surface area contributed by atoms with Crippen LogP contribution in [0.3, 0.4) is 0 Å². The minimum absolute atomic E-state index is 0.151. The van der Waals surface area contributed by atoms with Crippen molar-refractivity contribution in [3.63, 3.8) is 0 Å². The predicted molar refractivity (Wildman–Crippen MR) is 85.5 cm³/mol. The van der Waals surface area contributed by atoms with Crippen molar-refractivity contribution in [3.8, 4) is 0 Å². The summed E-state index contributed by atoms with van der Waals surface area (Å²) in [5.74, 6) is 0. The molecule has 1 aromatic carbocycles. The van der Waals surface area contributed by atoms with Gasteiger partial charge in [-0.15, -0.1) is 0 Å². The zero-order chi connectivity index (χ0) is 16.6. The van der Waals surface area contributed by atoms with Gasteiger partial charge in [0.25, 0.3) is 0 Å². The topological polar surface area (TPSA) is 84.2 Å². The largest absolute Gasteiger partial charge is 0.465 e. The number of β-amino-alcohol motifs (C(OH)–C–C–N with tert-alkyl or cyclic N) is 1. The van der Waals surface area contributed by atoms with Crippen molar-refractivity contribution in [2.24, 2.45) is 0 Å². The molecular weight excluding hydrogens is 320 g/mol. The van der Waals surface area contributed by atoms with Crippen molar-refractivity contribution in [1.82, 2.24) is 9.80 Å².